The number of carbonyl (C=O) groups is 2. The van der Waals surface area contributed by atoms with Crippen LogP contribution in [0.1, 0.15) is 17.3 Å². The molecule has 0 amide bonds. The summed E-state index contributed by atoms with van der Waals surface area (Å²) < 4.78 is 18.4. The number of phenolic OH excluding ortho intramolecular Hbond substituents is 1. The molecule has 0 aromatic heterocycles. The number of phenols is 1. The Morgan fingerprint density at radius 3 is 2.59 bits per heavy atom. The van der Waals surface area contributed by atoms with Gasteiger partial charge in [-0.05, 0) is 6.92 Å². The number of aromatic hydroxyl groups is 1. The van der Waals surface area contributed by atoms with Crippen LogP contribution in [0.3, 0.4) is 0 Å². The summed E-state index contributed by atoms with van der Waals surface area (Å²) >= 11 is 5.64. The Morgan fingerprint density at radius 2 is 2.12 bits per heavy atom. The number of halogens is 2. The van der Waals surface area contributed by atoms with Crippen LogP contribution < -0.4 is 4.74 Å². The van der Waals surface area contributed by atoms with Crippen molar-refractivity contribution in [3.05, 3.63) is 22.5 Å². The van der Waals surface area contributed by atoms with Crippen LogP contribution in [-0.2, 0) is 4.79 Å². The van der Waals surface area contributed by atoms with E-state index >= 15 is 0 Å². The average molecular weight is 263 g/mol. The van der Waals surface area contributed by atoms with E-state index in [0.717, 1.165) is 6.07 Å². The first-order valence-electron chi connectivity index (χ1n) is 4.51. The van der Waals surface area contributed by atoms with Gasteiger partial charge in [-0.25, -0.2) is 9.18 Å². The lowest BCUT2D eigenvalue weighted by molar-refractivity contribution is -0.131. The average Bonchev–Trinajstić information content (AvgIpc) is 2.26. The van der Waals surface area contributed by atoms with Crippen LogP contribution in [0.5, 0.6) is 11.5 Å². The molecule has 5 nitrogen and oxygen atoms in total. The molecular weight excluding hydrogens is 255 g/mol. The molecular formula is C10H8ClFO5. The van der Waals surface area contributed by atoms with Gasteiger partial charge in [-0.2, -0.15) is 0 Å². The predicted molar refractivity (Wildman–Crippen MR) is 56.2 cm³/mol. The molecule has 7 heteroatoms. The summed E-state index contributed by atoms with van der Waals surface area (Å²) in [5, 5.41) is 17.2. The van der Waals surface area contributed by atoms with Crippen LogP contribution in [0.25, 0.3) is 0 Å². The first-order chi connectivity index (χ1) is 7.90. The van der Waals surface area contributed by atoms with E-state index in [4.69, 9.17) is 21.4 Å². The highest BCUT2D eigenvalue weighted by Gasteiger charge is 2.27. The molecule has 1 rings (SSSR count). The summed E-state index contributed by atoms with van der Waals surface area (Å²) in [6.45, 7) is 1.76. The van der Waals surface area contributed by atoms with E-state index in [1.807, 2.05) is 0 Å². The van der Waals surface area contributed by atoms with Crippen LogP contribution >= 0.6 is 11.6 Å². The van der Waals surface area contributed by atoms with Crippen LogP contribution in [0.15, 0.2) is 6.07 Å². The van der Waals surface area contributed by atoms with Crippen molar-refractivity contribution in [2.45, 2.75) is 6.92 Å². The smallest absolute Gasteiger partial charge is 0.377 e. The molecule has 0 aliphatic heterocycles. The fourth-order valence-corrected chi connectivity index (χ4v) is 1.44. The summed E-state index contributed by atoms with van der Waals surface area (Å²) in [4.78, 5) is 21.7. The molecule has 0 saturated carbocycles. The monoisotopic (exact) mass is 262 g/mol. The molecule has 0 heterocycles. The van der Waals surface area contributed by atoms with E-state index in [1.165, 1.54) is 0 Å². The Morgan fingerprint density at radius 1 is 1.53 bits per heavy atom. The largest absolute Gasteiger partial charge is 0.505 e. The van der Waals surface area contributed by atoms with Crippen LogP contribution in [0.4, 0.5) is 4.39 Å². The van der Waals surface area contributed by atoms with Crippen molar-refractivity contribution in [2.24, 2.45) is 0 Å². The Labute approximate surface area is 100 Å². The number of carbonyl (C=O) groups excluding carboxylic acids is 1. The number of benzene rings is 1. The molecule has 0 aliphatic carbocycles. The van der Waals surface area contributed by atoms with E-state index in [9.17, 15) is 19.1 Å². The van der Waals surface area contributed by atoms with E-state index in [1.54, 1.807) is 6.92 Å². The molecule has 0 fully saturated rings. The highest BCUT2D eigenvalue weighted by atomic mass is 35.5. The first kappa shape index (κ1) is 13.2. The molecule has 0 spiro atoms. The first-order valence-corrected chi connectivity index (χ1v) is 4.89. The van der Waals surface area contributed by atoms with Gasteiger partial charge in [-0.3, -0.25) is 4.79 Å². The number of hydrogen-bond donors (Lipinski definition) is 2. The van der Waals surface area contributed by atoms with Crippen molar-refractivity contribution in [3.8, 4) is 11.5 Å². The molecule has 92 valence electrons. The number of ketones is 1. The molecule has 0 atom stereocenters. The Kier molecular flexibility index (Phi) is 3.90. The van der Waals surface area contributed by atoms with Crippen molar-refractivity contribution in [2.75, 3.05) is 6.61 Å². The third-order valence-electron chi connectivity index (χ3n) is 1.87. The molecule has 0 saturated heterocycles. The zero-order chi connectivity index (χ0) is 13.2. The van der Waals surface area contributed by atoms with Crippen LogP contribution in [0, 0.1) is 5.82 Å². The minimum Gasteiger partial charge on any atom is -0.505 e. The molecule has 0 unspecified atom stereocenters. The molecule has 2 N–H and O–H groups in total. The Hall–Kier alpha value is -1.82. The van der Waals surface area contributed by atoms with E-state index < -0.39 is 33.9 Å². The molecule has 0 radical (unpaired) electrons. The second-order valence-corrected chi connectivity index (χ2v) is 3.34. The van der Waals surface area contributed by atoms with Gasteiger partial charge in [0.05, 0.1) is 17.2 Å². The molecule has 1 aromatic rings. The van der Waals surface area contributed by atoms with Crippen LogP contribution in [0.2, 0.25) is 5.02 Å². The van der Waals surface area contributed by atoms with Gasteiger partial charge < -0.3 is 14.9 Å². The maximum absolute atomic E-state index is 13.4. The third kappa shape index (κ3) is 2.47. The zero-order valence-corrected chi connectivity index (χ0v) is 9.42. The fourth-order valence-electron chi connectivity index (χ4n) is 1.17. The summed E-state index contributed by atoms with van der Waals surface area (Å²) in [6, 6.07) is 0.875. The van der Waals surface area contributed by atoms with Crippen LogP contribution in [-0.4, -0.2) is 28.6 Å². The summed E-state index contributed by atoms with van der Waals surface area (Å²) in [7, 11) is 0. The van der Waals surface area contributed by atoms with Gasteiger partial charge in [-0.15, -0.1) is 0 Å². The lowest BCUT2D eigenvalue weighted by atomic mass is 10.1. The van der Waals surface area contributed by atoms with Crippen molar-refractivity contribution in [1.29, 1.82) is 0 Å². The zero-order valence-electron chi connectivity index (χ0n) is 8.66. The predicted octanol–water partition coefficient (Wildman–Crippen LogP) is 1.85. The summed E-state index contributed by atoms with van der Waals surface area (Å²) in [5.41, 5.74) is -0.914. The number of Topliss-reactive ketones (excluding diaryl/α,β-unsaturated/α-hetero) is 1. The lowest BCUT2D eigenvalue weighted by Gasteiger charge is -2.10. The highest BCUT2D eigenvalue weighted by Crippen LogP contribution is 2.36. The van der Waals surface area contributed by atoms with Crippen molar-refractivity contribution >= 4 is 23.4 Å². The Bertz CT molecular complexity index is 486. The fraction of sp³-hybridized carbons (Fsp3) is 0.200. The van der Waals surface area contributed by atoms with E-state index in [-0.39, 0.29) is 12.4 Å². The minimum absolute atomic E-state index is 0.155. The highest BCUT2D eigenvalue weighted by molar-refractivity contribution is 6.45. The third-order valence-corrected chi connectivity index (χ3v) is 2.24. The molecule has 1 aromatic carbocycles. The standard InChI is InChI=1S/C10H8ClFO5/c1-2-17-5-3-4(13)8(12)6(7(5)11)9(14)10(15)16/h3,13H,2H2,1H3,(H,15,16). The van der Waals surface area contributed by atoms with E-state index in [2.05, 4.69) is 0 Å². The quantitative estimate of drug-likeness (QED) is 0.639. The van der Waals surface area contributed by atoms with Crippen molar-refractivity contribution in [3.63, 3.8) is 0 Å². The molecule has 17 heavy (non-hydrogen) atoms. The van der Waals surface area contributed by atoms with Gasteiger partial charge in [-0.1, -0.05) is 11.6 Å². The second-order valence-electron chi connectivity index (χ2n) is 2.96. The number of carboxylic acids is 1. The van der Waals surface area contributed by atoms with E-state index in [0.29, 0.717) is 0 Å². The SMILES string of the molecule is CCOc1cc(O)c(F)c(C(=O)C(=O)O)c1Cl. The molecule has 0 bridgehead atoms. The number of carboxylic acid groups (broad SMARTS) is 1. The maximum Gasteiger partial charge on any atom is 0.377 e. The second kappa shape index (κ2) is 5.01. The molecule has 0 aliphatic rings. The number of aliphatic carboxylic acids is 1. The Balaban J connectivity index is 3.46. The summed E-state index contributed by atoms with van der Waals surface area (Å²) in [5.74, 6) is -5.87. The number of rotatable bonds is 4. The van der Waals surface area contributed by atoms with Crippen molar-refractivity contribution < 1.29 is 28.9 Å². The van der Waals surface area contributed by atoms with Gasteiger partial charge in [0.2, 0.25) is 0 Å². The lowest BCUT2D eigenvalue weighted by Crippen LogP contribution is -2.15. The van der Waals surface area contributed by atoms with Crippen molar-refractivity contribution in [1.82, 2.24) is 0 Å². The number of ether oxygens (including phenoxy) is 1. The number of hydrogen-bond acceptors (Lipinski definition) is 4. The van der Waals surface area contributed by atoms with Gasteiger partial charge in [0.1, 0.15) is 5.75 Å². The van der Waals surface area contributed by atoms with Gasteiger partial charge in [0, 0.05) is 6.07 Å². The summed E-state index contributed by atoms with van der Waals surface area (Å²) in [6.07, 6.45) is 0. The maximum atomic E-state index is 13.4. The normalized spacial score (nSPS) is 10.1. The minimum atomic E-state index is -1.88. The van der Waals surface area contributed by atoms with Gasteiger partial charge >= 0.3 is 5.97 Å². The van der Waals surface area contributed by atoms with Gasteiger partial charge in [0.25, 0.3) is 5.78 Å². The van der Waals surface area contributed by atoms with Gasteiger partial charge in [0.15, 0.2) is 11.6 Å². The topological polar surface area (TPSA) is 83.8 Å².